The van der Waals surface area contributed by atoms with Crippen LogP contribution >= 0.6 is 0 Å². The summed E-state index contributed by atoms with van der Waals surface area (Å²) in [5.74, 6) is -7.59. The second-order valence-corrected chi connectivity index (χ2v) is 4.95. The first-order valence-electron chi connectivity index (χ1n) is 6.05. The molecule has 0 saturated carbocycles. The second-order valence-electron chi connectivity index (χ2n) is 4.95. The number of likely N-dealkylation sites (tertiary alicyclic amines) is 1. The van der Waals surface area contributed by atoms with Crippen LogP contribution in [0.2, 0.25) is 0 Å². The summed E-state index contributed by atoms with van der Waals surface area (Å²) in [5, 5.41) is 1.79. The van der Waals surface area contributed by atoms with Crippen LogP contribution in [0.3, 0.4) is 0 Å². The Kier molecular flexibility index (Phi) is 4.76. The average Bonchev–Trinajstić information content (AvgIpc) is 2.28. The summed E-state index contributed by atoms with van der Waals surface area (Å²) in [5.41, 5.74) is 0. The zero-order chi connectivity index (χ0) is 14.8. The van der Waals surface area contributed by atoms with E-state index in [0.29, 0.717) is 25.9 Å². The molecule has 0 spiro atoms. The lowest BCUT2D eigenvalue weighted by Crippen LogP contribution is -2.55. The van der Waals surface area contributed by atoms with E-state index in [-0.39, 0.29) is 6.04 Å². The lowest BCUT2D eigenvalue weighted by atomic mass is 10.0. The predicted molar refractivity (Wildman–Crippen MR) is 58.9 cm³/mol. The van der Waals surface area contributed by atoms with Gasteiger partial charge in [0.05, 0.1) is 0 Å². The van der Waals surface area contributed by atoms with E-state index in [1.807, 2.05) is 13.8 Å². The van der Waals surface area contributed by atoms with Crippen LogP contribution in [0.1, 0.15) is 26.7 Å². The quantitative estimate of drug-likeness (QED) is 0.807. The van der Waals surface area contributed by atoms with Crippen LogP contribution in [0, 0.1) is 0 Å². The summed E-state index contributed by atoms with van der Waals surface area (Å²) in [4.78, 5) is 13.1. The number of piperidine rings is 1. The van der Waals surface area contributed by atoms with Crippen molar-refractivity contribution in [3.05, 3.63) is 0 Å². The van der Waals surface area contributed by atoms with Crippen LogP contribution < -0.4 is 5.32 Å². The maximum atomic E-state index is 12.7. The highest BCUT2D eigenvalue weighted by atomic mass is 19.4. The van der Waals surface area contributed by atoms with E-state index in [0.717, 1.165) is 0 Å². The molecule has 1 fully saturated rings. The van der Waals surface area contributed by atoms with Crippen LogP contribution in [-0.4, -0.2) is 48.1 Å². The number of amides is 1. The Hall–Kier alpha value is -0.920. The Morgan fingerprint density at radius 2 is 1.63 bits per heavy atom. The van der Waals surface area contributed by atoms with Gasteiger partial charge in [-0.15, -0.1) is 0 Å². The molecule has 0 atom stereocenters. The van der Waals surface area contributed by atoms with E-state index < -0.39 is 24.0 Å². The number of rotatable bonds is 3. The number of hydrogen-bond acceptors (Lipinski definition) is 2. The molecule has 1 saturated heterocycles. The van der Waals surface area contributed by atoms with Crippen LogP contribution in [0.15, 0.2) is 0 Å². The molecule has 1 aliphatic rings. The lowest BCUT2D eigenvalue weighted by molar-refractivity contribution is -0.270. The van der Waals surface area contributed by atoms with Crippen molar-refractivity contribution in [2.75, 3.05) is 13.1 Å². The van der Waals surface area contributed by atoms with E-state index in [4.69, 9.17) is 0 Å². The van der Waals surface area contributed by atoms with Gasteiger partial charge < -0.3 is 10.2 Å². The monoisotopic (exact) mass is 288 g/mol. The van der Waals surface area contributed by atoms with Gasteiger partial charge in [-0.05, 0) is 26.7 Å². The maximum Gasteiger partial charge on any atom is 0.463 e. The zero-order valence-corrected chi connectivity index (χ0v) is 10.7. The summed E-state index contributed by atoms with van der Waals surface area (Å²) in [6.45, 7) is 5.08. The number of halogens is 5. The molecule has 0 unspecified atom stereocenters. The molecule has 1 heterocycles. The number of nitrogens with zero attached hydrogens (tertiary/aromatic N) is 1. The predicted octanol–water partition coefficient (Wildman–Crippen LogP) is 2.17. The van der Waals surface area contributed by atoms with Crippen molar-refractivity contribution in [3.8, 4) is 0 Å². The Morgan fingerprint density at radius 1 is 1.16 bits per heavy atom. The van der Waals surface area contributed by atoms with E-state index >= 15 is 0 Å². The minimum Gasteiger partial charge on any atom is -0.348 e. The standard InChI is InChI=1S/C11H17F5N2O/c1-7(2)18-5-3-8(4-6-18)17-9(19)10(12,13)11(14,15)16/h7-8H,3-6H2,1-2H3,(H,17,19). The van der Waals surface area contributed by atoms with Crippen LogP contribution in [0.5, 0.6) is 0 Å². The van der Waals surface area contributed by atoms with Gasteiger partial charge in [0.1, 0.15) is 0 Å². The maximum absolute atomic E-state index is 12.7. The van der Waals surface area contributed by atoms with Crippen molar-refractivity contribution in [3.63, 3.8) is 0 Å². The molecule has 0 bridgehead atoms. The van der Waals surface area contributed by atoms with Crippen LogP contribution in [0.25, 0.3) is 0 Å². The average molecular weight is 288 g/mol. The molecule has 1 aliphatic heterocycles. The summed E-state index contributed by atoms with van der Waals surface area (Å²) < 4.78 is 61.4. The van der Waals surface area contributed by atoms with Crippen molar-refractivity contribution in [2.24, 2.45) is 0 Å². The van der Waals surface area contributed by atoms with Gasteiger partial charge in [-0.3, -0.25) is 4.79 Å². The smallest absolute Gasteiger partial charge is 0.348 e. The topological polar surface area (TPSA) is 32.3 Å². The van der Waals surface area contributed by atoms with Crippen molar-refractivity contribution in [1.82, 2.24) is 10.2 Å². The number of nitrogens with one attached hydrogen (secondary N) is 1. The van der Waals surface area contributed by atoms with Gasteiger partial charge in [-0.25, -0.2) is 0 Å². The molecule has 1 amide bonds. The van der Waals surface area contributed by atoms with E-state index in [9.17, 15) is 26.7 Å². The fourth-order valence-electron chi connectivity index (χ4n) is 1.96. The molecule has 112 valence electrons. The summed E-state index contributed by atoms with van der Waals surface area (Å²) in [7, 11) is 0. The Morgan fingerprint density at radius 3 is 2.00 bits per heavy atom. The number of alkyl halides is 5. The summed E-state index contributed by atoms with van der Waals surface area (Å²) in [6.07, 6.45) is -5.11. The number of hydrogen-bond donors (Lipinski definition) is 1. The highest BCUT2D eigenvalue weighted by Gasteiger charge is 2.63. The number of carbonyl (C=O) groups is 1. The summed E-state index contributed by atoms with van der Waals surface area (Å²) in [6, 6.07) is -0.344. The van der Waals surface area contributed by atoms with E-state index in [2.05, 4.69) is 4.90 Å². The second kappa shape index (κ2) is 5.60. The number of carbonyl (C=O) groups excluding carboxylic acids is 1. The third-order valence-electron chi connectivity index (χ3n) is 3.24. The molecule has 0 aromatic heterocycles. The summed E-state index contributed by atoms with van der Waals surface area (Å²) >= 11 is 0. The van der Waals surface area contributed by atoms with Crippen molar-refractivity contribution >= 4 is 5.91 Å². The molecule has 19 heavy (non-hydrogen) atoms. The SMILES string of the molecule is CC(C)N1CCC(NC(=O)C(F)(F)C(F)(F)F)CC1. The highest BCUT2D eigenvalue weighted by Crippen LogP contribution is 2.35. The third-order valence-corrected chi connectivity index (χ3v) is 3.24. The molecule has 0 aliphatic carbocycles. The van der Waals surface area contributed by atoms with Gasteiger partial charge in [-0.1, -0.05) is 0 Å². The van der Waals surface area contributed by atoms with Gasteiger partial charge in [-0.2, -0.15) is 22.0 Å². The fourth-order valence-corrected chi connectivity index (χ4v) is 1.96. The molecule has 0 radical (unpaired) electrons. The molecule has 3 nitrogen and oxygen atoms in total. The van der Waals surface area contributed by atoms with Gasteiger partial charge in [0, 0.05) is 25.2 Å². The first kappa shape index (κ1) is 16.1. The van der Waals surface area contributed by atoms with Crippen molar-refractivity contribution in [2.45, 2.75) is 50.9 Å². The molecule has 0 aromatic carbocycles. The van der Waals surface area contributed by atoms with Crippen molar-refractivity contribution < 1.29 is 26.7 Å². The zero-order valence-electron chi connectivity index (χ0n) is 10.7. The molecule has 1 rings (SSSR count). The first-order valence-corrected chi connectivity index (χ1v) is 6.05. The fraction of sp³-hybridized carbons (Fsp3) is 0.909. The normalized spacial score (nSPS) is 19.8. The minimum absolute atomic E-state index is 0.285. The van der Waals surface area contributed by atoms with Crippen LogP contribution in [0.4, 0.5) is 22.0 Å². The molecular weight excluding hydrogens is 271 g/mol. The molecule has 8 heteroatoms. The van der Waals surface area contributed by atoms with Gasteiger partial charge >= 0.3 is 18.0 Å². The Balaban J connectivity index is 2.52. The molecule has 1 N–H and O–H groups in total. The van der Waals surface area contributed by atoms with Crippen molar-refractivity contribution in [1.29, 1.82) is 0 Å². The Bertz CT molecular complexity index is 322. The van der Waals surface area contributed by atoms with Crippen LogP contribution in [-0.2, 0) is 4.79 Å². The Labute approximate surface area is 108 Å². The van der Waals surface area contributed by atoms with Gasteiger partial charge in [0.2, 0.25) is 0 Å². The van der Waals surface area contributed by atoms with E-state index in [1.165, 1.54) is 0 Å². The molecule has 0 aromatic rings. The van der Waals surface area contributed by atoms with Gasteiger partial charge in [0.25, 0.3) is 0 Å². The largest absolute Gasteiger partial charge is 0.463 e. The van der Waals surface area contributed by atoms with Gasteiger partial charge in [0.15, 0.2) is 0 Å². The minimum atomic E-state index is -5.85. The molecular formula is C11H17F5N2O. The highest BCUT2D eigenvalue weighted by molar-refractivity contribution is 5.84. The third kappa shape index (κ3) is 3.77. The van der Waals surface area contributed by atoms with E-state index in [1.54, 1.807) is 5.32 Å². The first-order chi connectivity index (χ1) is 8.55. The lowest BCUT2D eigenvalue weighted by Gasteiger charge is -2.35.